The molecule has 166 valence electrons. The Labute approximate surface area is 176 Å². The van der Waals surface area contributed by atoms with Gasteiger partial charge in [0, 0.05) is 32.2 Å². The fourth-order valence-corrected chi connectivity index (χ4v) is 5.09. The summed E-state index contributed by atoms with van der Waals surface area (Å²) in [7, 11) is 0. The van der Waals surface area contributed by atoms with Crippen LogP contribution in [-0.2, 0) is 9.47 Å². The summed E-state index contributed by atoms with van der Waals surface area (Å²) in [6, 6.07) is 0. The summed E-state index contributed by atoms with van der Waals surface area (Å²) in [5.74, 6) is 1.09. The molecule has 0 spiro atoms. The number of allylic oxidation sites excluding steroid dienone is 1. The smallest absolute Gasteiger partial charge is 0.0721 e. The molecular weight excluding hydrogens is 366 g/mol. The molecule has 0 unspecified atom stereocenters. The molecule has 0 radical (unpaired) electrons. The Hall–Kier alpha value is -0.720. The second kappa shape index (κ2) is 12.2. The first-order chi connectivity index (χ1) is 14.2. The lowest BCUT2D eigenvalue weighted by atomic mass is 9.89. The lowest BCUT2D eigenvalue weighted by molar-refractivity contribution is 0.0328. The zero-order chi connectivity index (χ0) is 20.5. The van der Waals surface area contributed by atoms with Crippen molar-refractivity contribution in [1.29, 1.82) is 0 Å². The van der Waals surface area contributed by atoms with Crippen LogP contribution < -0.4 is 0 Å². The molecule has 0 bridgehead atoms. The van der Waals surface area contributed by atoms with Crippen LogP contribution >= 0.6 is 0 Å². The molecule has 0 aromatic heterocycles. The Morgan fingerprint density at radius 1 is 1.28 bits per heavy atom. The van der Waals surface area contributed by atoms with Crippen molar-refractivity contribution in [1.82, 2.24) is 4.90 Å². The maximum Gasteiger partial charge on any atom is 0.0721 e. The van der Waals surface area contributed by atoms with Gasteiger partial charge in [0.05, 0.1) is 32.0 Å². The number of nitrogens with zero attached hydrogens (tertiary/aromatic N) is 1. The van der Waals surface area contributed by atoms with Gasteiger partial charge >= 0.3 is 0 Å². The van der Waals surface area contributed by atoms with Gasteiger partial charge in [-0.1, -0.05) is 44.4 Å². The van der Waals surface area contributed by atoms with E-state index < -0.39 is 0 Å². The van der Waals surface area contributed by atoms with Gasteiger partial charge in [-0.15, -0.1) is 0 Å². The standard InChI is InChI=1S/C24H41NO4/c1-2-3-4-6-21(26)7-8-22-23-16-19(15-20(23)17-24(22)27)18-29-12-5-9-25-10-13-28-14-11-25/h7-8,15,20-24,26-27H,2-6,9-14,16-18H2,1H3/t20-,21-,22+,23-,24+/m0/s1. The topological polar surface area (TPSA) is 62.2 Å². The maximum absolute atomic E-state index is 10.5. The van der Waals surface area contributed by atoms with Crippen molar-refractivity contribution in [3.8, 4) is 0 Å². The van der Waals surface area contributed by atoms with Crippen LogP contribution in [0.2, 0.25) is 0 Å². The fraction of sp³-hybridized carbons (Fsp3) is 0.833. The Balaban J connectivity index is 1.34. The van der Waals surface area contributed by atoms with Crippen LogP contribution in [0.4, 0.5) is 0 Å². The summed E-state index contributed by atoms with van der Waals surface area (Å²) in [5.41, 5.74) is 1.39. The normalized spacial score (nSPS) is 31.3. The molecule has 0 aromatic rings. The molecule has 2 fully saturated rings. The summed E-state index contributed by atoms with van der Waals surface area (Å²) in [4.78, 5) is 2.45. The summed E-state index contributed by atoms with van der Waals surface area (Å²) in [6.07, 6.45) is 12.9. The minimum absolute atomic E-state index is 0.163. The van der Waals surface area contributed by atoms with Crippen LogP contribution in [0.3, 0.4) is 0 Å². The monoisotopic (exact) mass is 407 g/mol. The van der Waals surface area contributed by atoms with Crippen molar-refractivity contribution >= 4 is 0 Å². The Bertz CT molecular complexity index is 529. The number of ether oxygens (including phenoxy) is 2. The van der Waals surface area contributed by atoms with Crippen LogP contribution in [0.1, 0.15) is 51.9 Å². The van der Waals surface area contributed by atoms with Gasteiger partial charge in [-0.25, -0.2) is 0 Å². The number of aliphatic hydroxyl groups excluding tert-OH is 2. The molecule has 2 aliphatic carbocycles. The molecule has 1 saturated heterocycles. The zero-order valence-corrected chi connectivity index (χ0v) is 18.2. The first kappa shape index (κ1) is 23.0. The van der Waals surface area contributed by atoms with Gasteiger partial charge in [-0.05, 0) is 43.1 Å². The van der Waals surface area contributed by atoms with E-state index in [-0.39, 0.29) is 18.1 Å². The van der Waals surface area contributed by atoms with E-state index in [4.69, 9.17) is 9.47 Å². The second-order valence-electron chi connectivity index (χ2n) is 9.05. The molecule has 0 aromatic carbocycles. The number of rotatable bonds is 12. The number of unbranched alkanes of at least 4 members (excludes halogenated alkanes) is 2. The quantitative estimate of drug-likeness (QED) is 0.384. The van der Waals surface area contributed by atoms with E-state index in [2.05, 4.69) is 24.0 Å². The van der Waals surface area contributed by atoms with Gasteiger partial charge < -0.3 is 19.7 Å². The van der Waals surface area contributed by atoms with Crippen LogP contribution in [0.5, 0.6) is 0 Å². The number of hydrogen-bond acceptors (Lipinski definition) is 5. The molecular formula is C24H41NO4. The average molecular weight is 408 g/mol. The van der Waals surface area contributed by atoms with Gasteiger partial charge in [0.25, 0.3) is 0 Å². The number of aliphatic hydroxyl groups is 2. The third-order valence-electron chi connectivity index (χ3n) is 6.76. The highest BCUT2D eigenvalue weighted by molar-refractivity contribution is 5.21. The van der Waals surface area contributed by atoms with Gasteiger partial charge in [-0.3, -0.25) is 4.90 Å². The van der Waals surface area contributed by atoms with Gasteiger partial charge in [0.1, 0.15) is 0 Å². The molecule has 1 saturated carbocycles. The molecule has 1 aliphatic heterocycles. The summed E-state index contributed by atoms with van der Waals surface area (Å²) in [5, 5.41) is 20.6. The van der Waals surface area contributed by atoms with Crippen LogP contribution in [0.25, 0.3) is 0 Å². The highest BCUT2D eigenvalue weighted by atomic mass is 16.5. The highest BCUT2D eigenvalue weighted by Gasteiger charge is 2.43. The number of fused-ring (bicyclic) bond motifs is 1. The summed E-state index contributed by atoms with van der Waals surface area (Å²) < 4.78 is 11.3. The van der Waals surface area contributed by atoms with E-state index >= 15 is 0 Å². The van der Waals surface area contributed by atoms with E-state index in [1.165, 1.54) is 18.4 Å². The predicted octanol–water partition coefficient (Wildman–Crippen LogP) is 3.17. The average Bonchev–Trinajstić information content (AvgIpc) is 3.23. The van der Waals surface area contributed by atoms with Crippen molar-refractivity contribution in [3.05, 3.63) is 23.8 Å². The van der Waals surface area contributed by atoms with Crippen molar-refractivity contribution in [2.75, 3.05) is 46.1 Å². The van der Waals surface area contributed by atoms with Crippen molar-refractivity contribution < 1.29 is 19.7 Å². The molecule has 0 amide bonds. The summed E-state index contributed by atoms with van der Waals surface area (Å²) in [6.45, 7) is 8.59. The molecule has 1 heterocycles. The fourth-order valence-electron chi connectivity index (χ4n) is 5.09. The second-order valence-corrected chi connectivity index (χ2v) is 9.05. The van der Waals surface area contributed by atoms with Crippen molar-refractivity contribution in [3.63, 3.8) is 0 Å². The molecule has 5 atom stereocenters. The lowest BCUT2D eigenvalue weighted by Gasteiger charge is -2.26. The van der Waals surface area contributed by atoms with Crippen molar-refractivity contribution in [2.24, 2.45) is 17.8 Å². The first-order valence-corrected chi connectivity index (χ1v) is 11.8. The van der Waals surface area contributed by atoms with Gasteiger partial charge in [0.2, 0.25) is 0 Å². The molecule has 3 aliphatic rings. The van der Waals surface area contributed by atoms with Crippen molar-refractivity contribution in [2.45, 2.75) is 64.1 Å². The van der Waals surface area contributed by atoms with E-state index in [9.17, 15) is 10.2 Å². The lowest BCUT2D eigenvalue weighted by Crippen LogP contribution is -2.37. The highest BCUT2D eigenvalue weighted by Crippen LogP contribution is 2.47. The Morgan fingerprint density at radius 2 is 2.10 bits per heavy atom. The van der Waals surface area contributed by atoms with E-state index in [1.807, 2.05) is 6.08 Å². The van der Waals surface area contributed by atoms with Gasteiger partial charge in [-0.2, -0.15) is 0 Å². The zero-order valence-electron chi connectivity index (χ0n) is 18.2. The molecule has 29 heavy (non-hydrogen) atoms. The molecule has 3 rings (SSSR count). The van der Waals surface area contributed by atoms with Crippen LogP contribution in [0.15, 0.2) is 23.8 Å². The number of hydrogen-bond donors (Lipinski definition) is 2. The first-order valence-electron chi connectivity index (χ1n) is 11.8. The minimum atomic E-state index is -0.378. The SMILES string of the molecule is CCCCC[C@H](O)C=C[C@@H]1[C@H]2CC(COCCCN3CCOCC3)=C[C@H]2C[C@H]1O. The third-order valence-corrected chi connectivity index (χ3v) is 6.76. The maximum atomic E-state index is 10.5. The molecule has 5 nitrogen and oxygen atoms in total. The predicted molar refractivity (Wildman–Crippen MR) is 116 cm³/mol. The molecule has 2 N–H and O–H groups in total. The van der Waals surface area contributed by atoms with E-state index in [1.54, 1.807) is 0 Å². The Morgan fingerprint density at radius 3 is 2.90 bits per heavy atom. The minimum Gasteiger partial charge on any atom is -0.392 e. The van der Waals surface area contributed by atoms with Gasteiger partial charge in [0.15, 0.2) is 0 Å². The van der Waals surface area contributed by atoms with Crippen LogP contribution in [-0.4, -0.2) is 73.4 Å². The Kier molecular flexibility index (Phi) is 9.67. The van der Waals surface area contributed by atoms with E-state index in [0.29, 0.717) is 11.8 Å². The summed E-state index contributed by atoms with van der Waals surface area (Å²) >= 11 is 0. The third kappa shape index (κ3) is 7.18. The van der Waals surface area contributed by atoms with Crippen LogP contribution in [0, 0.1) is 17.8 Å². The largest absolute Gasteiger partial charge is 0.392 e. The molecule has 5 heteroatoms. The number of morpholine rings is 1. The van der Waals surface area contributed by atoms with E-state index in [0.717, 1.165) is 78.2 Å².